The van der Waals surface area contributed by atoms with Crippen LogP contribution in [0.3, 0.4) is 0 Å². The molecule has 0 aliphatic carbocycles. The van der Waals surface area contributed by atoms with Gasteiger partial charge in [0.05, 0.1) is 12.2 Å². The van der Waals surface area contributed by atoms with E-state index in [1.165, 1.54) is 0 Å². The Hall–Kier alpha value is -1.33. The SMILES string of the molecule is CC1(C)CN(c2ccc(Br)cc2/C=C/C(=O)O)CCO1. The first-order chi connectivity index (χ1) is 9.37. The van der Waals surface area contributed by atoms with Crippen LogP contribution in [0.25, 0.3) is 6.08 Å². The molecule has 1 aliphatic heterocycles. The zero-order valence-corrected chi connectivity index (χ0v) is 13.2. The first kappa shape index (κ1) is 15.1. The number of nitrogens with zero attached hydrogens (tertiary/aromatic N) is 1. The molecule has 0 spiro atoms. The lowest BCUT2D eigenvalue weighted by atomic mass is 10.0. The Morgan fingerprint density at radius 1 is 1.50 bits per heavy atom. The van der Waals surface area contributed by atoms with Crippen LogP contribution in [-0.2, 0) is 9.53 Å². The van der Waals surface area contributed by atoms with Gasteiger partial charge in [0, 0.05) is 29.3 Å². The second-order valence-electron chi connectivity index (χ2n) is 5.40. The van der Waals surface area contributed by atoms with Gasteiger partial charge < -0.3 is 14.7 Å². The number of halogens is 1. The number of rotatable bonds is 3. The molecule has 0 bridgehead atoms. The smallest absolute Gasteiger partial charge is 0.328 e. The van der Waals surface area contributed by atoms with E-state index in [2.05, 4.69) is 34.7 Å². The first-order valence-corrected chi connectivity index (χ1v) is 7.26. The number of carboxylic acid groups (broad SMARTS) is 1. The Balaban J connectivity index is 2.33. The number of anilines is 1. The highest BCUT2D eigenvalue weighted by atomic mass is 79.9. The number of morpholine rings is 1. The number of ether oxygens (including phenoxy) is 1. The average Bonchev–Trinajstić information content (AvgIpc) is 2.35. The Bertz CT molecular complexity index is 540. The number of carboxylic acids is 1. The molecule has 1 heterocycles. The van der Waals surface area contributed by atoms with Crippen LogP contribution >= 0.6 is 15.9 Å². The van der Waals surface area contributed by atoms with Gasteiger partial charge in [-0.2, -0.15) is 0 Å². The number of aliphatic carboxylic acids is 1. The van der Waals surface area contributed by atoms with E-state index in [0.29, 0.717) is 6.61 Å². The van der Waals surface area contributed by atoms with Crippen molar-refractivity contribution in [2.75, 3.05) is 24.6 Å². The quantitative estimate of drug-likeness (QED) is 0.859. The Morgan fingerprint density at radius 3 is 2.90 bits per heavy atom. The van der Waals surface area contributed by atoms with Gasteiger partial charge in [-0.3, -0.25) is 0 Å². The first-order valence-electron chi connectivity index (χ1n) is 6.47. The fourth-order valence-electron chi connectivity index (χ4n) is 2.33. The molecule has 108 valence electrons. The average molecular weight is 340 g/mol. The predicted octanol–water partition coefficient (Wildman–Crippen LogP) is 3.16. The molecular weight excluding hydrogens is 322 g/mol. The number of benzene rings is 1. The van der Waals surface area contributed by atoms with Crippen molar-refractivity contribution in [2.24, 2.45) is 0 Å². The molecule has 1 aromatic rings. The topological polar surface area (TPSA) is 49.8 Å². The van der Waals surface area contributed by atoms with Crippen LogP contribution in [0.2, 0.25) is 0 Å². The molecule has 4 nitrogen and oxygen atoms in total. The Labute approximate surface area is 127 Å². The van der Waals surface area contributed by atoms with E-state index in [1.54, 1.807) is 6.08 Å². The molecule has 0 amide bonds. The molecule has 5 heteroatoms. The van der Waals surface area contributed by atoms with E-state index < -0.39 is 5.97 Å². The van der Waals surface area contributed by atoms with Crippen LogP contribution in [0.15, 0.2) is 28.7 Å². The van der Waals surface area contributed by atoms with E-state index >= 15 is 0 Å². The van der Waals surface area contributed by atoms with Crippen molar-refractivity contribution in [1.29, 1.82) is 0 Å². The molecule has 1 N–H and O–H groups in total. The molecule has 1 fully saturated rings. The molecular formula is C15H18BrNO3. The maximum absolute atomic E-state index is 10.7. The van der Waals surface area contributed by atoms with Gasteiger partial charge >= 0.3 is 5.97 Å². The normalized spacial score (nSPS) is 18.4. The van der Waals surface area contributed by atoms with Gasteiger partial charge in [0.2, 0.25) is 0 Å². The highest BCUT2D eigenvalue weighted by Crippen LogP contribution is 2.29. The van der Waals surface area contributed by atoms with Crippen LogP contribution in [0.4, 0.5) is 5.69 Å². The van der Waals surface area contributed by atoms with Gasteiger partial charge in [0.25, 0.3) is 0 Å². The van der Waals surface area contributed by atoms with Crippen LogP contribution in [-0.4, -0.2) is 36.4 Å². The number of carbonyl (C=O) groups is 1. The van der Waals surface area contributed by atoms with Gasteiger partial charge in [-0.1, -0.05) is 15.9 Å². The van der Waals surface area contributed by atoms with Gasteiger partial charge in [0.1, 0.15) is 0 Å². The lowest BCUT2D eigenvalue weighted by molar-refractivity contribution is -0.131. The Kier molecular flexibility index (Phi) is 4.50. The molecule has 0 aromatic heterocycles. The van der Waals surface area contributed by atoms with E-state index in [9.17, 15) is 4.79 Å². The second kappa shape index (κ2) is 5.97. The standard InChI is InChI=1S/C15H18BrNO3/c1-15(2)10-17(7-8-20-15)13-5-4-12(16)9-11(13)3-6-14(18)19/h3-6,9H,7-8,10H2,1-2H3,(H,18,19)/b6-3+. The van der Waals surface area contributed by atoms with Crippen molar-refractivity contribution in [3.8, 4) is 0 Å². The van der Waals surface area contributed by atoms with Crippen molar-refractivity contribution >= 4 is 33.7 Å². The maximum Gasteiger partial charge on any atom is 0.328 e. The van der Waals surface area contributed by atoms with Crippen LogP contribution in [0.1, 0.15) is 19.4 Å². The second-order valence-corrected chi connectivity index (χ2v) is 6.32. The van der Waals surface area contributed by atoms with Gasteiger partial charge in [-0.25, -0.2) is 4.79 Å². The minimum Gasteiger partial charge on any atom is -0.478 e. The van der Waals surface area contributed by atoms with Gasteiger partial charge in [-0.05, 0) is 43.7 Å². The minimum atomic E-state index is -0.946. The largest absolute Gasteiger partial charge is 0.478 e. The monoisotopic (exact) mass is 339 g/mol. The summed E-state index contributed by atoms with van der Waals surface area (Å²) in [5.41, 5.74) is 1.72. The summed E-state index contributed by atoms with van der Waals surface area (Å²) in [4.78, 5) is 12.9. The summed E-state index contributed by atoms with van der Waals surface area (Å²) >= 11 is 3.43. The molecule has 2 rings (SSSR count). The molecule has 1 saturated heterocycles. The zero-order chi connectivity index (χ0) is 14.8. The van der Waals surface area contributed by atoms with E-state index in [0.717, 1.165) is 34.9 Å². The van der Waals surface area contributed by atoms with Crippen molar-refractivity contribution in [2.45, 2.75) is 19.4 Å². The third-order valence-corrected chi connectivity index (χ3v) is 3.65. The van der Waals surface area contributed by atoms with E-state index in [1.807, 2.05) is 18.2 Å². The van der Waals surface area contributed by atoms with Crippen LogP contribution in [0, 0.1) is 0 Å². The third kappa shape index (κ3) is 3.84. The van der Waals surface area contributed by atoms with Crippen molar-refractivity contribution in [1.82, 2.24) is 0 Å². The minimum absolute atomic E-state index is 0.195. The lowest BCUT2D eigenvalue weighted by Gasteiger charge is -2.40. The predicted molar refractivity (Wildman–Crippen MR) is 83.1 cm³/mol. The number of hydrogen-bond acceptors (Lipinski definition) is 3. The fraction of sp³-hybridized carbons (Fsp3) is 0.400. The van der Waals surface area contributed by atoms with Crippen LogP contribution < -0.4 is 4.90 Å². The highest BCUT2D eigenvalue weighted by molar-refractivity contribution is 9.10. The summed E-state index contributed by atoms with van der Waals surface area (Å²) in [5.74, 6) is -0.946. The van der Waals surface area contributed by atoms with Crippen LogP contribution in [0.5, 0.6) is 0 Å². The summed E-state index contributed by atoms with van der Waals surface area (Å²) in [7, 11) is 0. The molecule has 20 heavy (non-hydrogen) atoms. The maximum atomic E-state index is 10.7. The molecule has 0 unspecified atom stereocenters. The van der Waals surface area contributed by atoms with Crippen molar-refractivity contribution < 1.29 is 14.6 Å². The molecule has 0 radical (unpaired) electrons. The van der Waals surface area contributed by atoms with Gasteiger partial charge in [-0.15, -0.1) is 0 Å². The summed E-state index contributed by atoms with van der Waals surface area (Å²) in [6.45, 7) is 6.38. The summed E-state index contributed by atoms with van der Waals surface area (Å²) in [6.07, 6.45) is 2.79. The third-order valence-electron chi connectivity index (χ3n) is 3.16. The summed E-state index contributed by atoms with van der Waals surface area (Å²) in [6, 6.07) is 5.90. The molecule has 1 aromatic carbocycles. The Morgan fingerprint density at radius 2 is 2.25 bits per heavy atom. The van der Waals surface area contributed by atoms with Gasteiger partial charge in [0.15, 0.2) is 0 Å². The van der Waals surface area contributed by atoms with Crippen molar-refractivity contribution in [3.63, 3.8) is 0 Å². The fourth-order valence-corrected chi connectivity index (χ4v) is 2.71. The lowest BCUT2D eigenvalue weighted by Crippen LogP contribution is -2.48. The van der Waals surface area contributed by atoms with E-state index in [4.69, 9.17) is 9.84 Å². The highest BCUT2D eigenvalue weighted by Gasteiger charge is 2.28. The van der Waals surface area contributed by atoms with E-state index in [-0.39, 0.29) is 5.60 Å². The number of hydrogen-bond donors (Lipinski definition) is 1. The summed E-state index contributed by atoms with van der Waals surface area (Å²) in [5, 5.41) is 8.80. The molecule has 0 saturated carbocycles. The zero-order valence-electron chi connectivity index (χ0n) is 11.6. The molecule has 0 atom stereocenters. The summed E-state index contributed by atoms with van der Waals surface area (Å²) < 4.78 is 6.65. The molecule has 1 aliphatic rings. The van der Waals surface area contributed by atoms with Crippen molar-refractivity contribution in [3.05, 3.63) is 34.3 Å².